The monoisotopic (exact) mass is 363 g/mol. The van der Waals surface area contributed by atoms with Crippen LogP contribution in [-0.2, 0) is 0 Å². The molecule has 0 saturated heterocycles. The number of halogens is 1. The molecule has 3 rings (SSSR count). The maximum Gasteiger partial charge on any atom is 0.229 e. The van der Waals surface area contributed by atoms with Crippen molar-refractivity contribution in [3.05, 3.63) is 69.9 Å². The number of aryl methyl sites for hydroxylation is 3. The number of hydrogen-bond donors (Lipinski definition) is 2. The van der Waals surface area contributed by atoms with E-state index in [-0.39, 0.29) is 0 Å². The molecule has 0 amide bonds. The summed E-state index contributed by atoms with van der Waals surface area (Å²) >= 11 is 6.37. The Hall–Kier alpha value is -3.10. The van der Waals surface area contributed by atoms with Gasteiger partial charge in [-0.1, -0.05) is 17.7 Å². The molecule has 0 spiro atoms. The Bertz CT molecular complexity index is 967. The molecular formula is C20H18ClN5. The Labute approximate surface area is 157 Å². The first kappa shape index (κ1) is 17.7. The molecule has 26 heavy (non-hydrogen) atoms. The summed E-state index contributed by atoms with van der Waals surface area (Å²) < 4.78 is 0. The molecule has 2 aromatic carbocycles. The maximum absolute atomic E-state index is 8.88. The lowest BCUT2D eigenvalue weighted by Gasteiger charge is -2.14. The zero-order chi connectivity index (χ0) is 18.7. The topological polar surface area (TPSA) is 73.6 Å². The summed E-state index contributed by atoms with van der Waals surface area (Å²) in [4.78, 5) is 8.93. The zero-order valence-electron chi connectivity index (χ0n) is 14.8. The number of anilines is 4. The van der Waals surface area contributed by atoms with Crippen LogP contribution in [0, 0.1) is 32.1 Å². The van der Waals surface area contributed by atoms with Crippen LogP contribution in [0.5, 0.6) is 0 Å². The molecule has 5 nitrogen and oxygen atoms in total. The van der Waals surface area contributed by atoms with Gasteiger partial charge in [0.1, 0.15) is 5.82 Å². The van der Waals surface area contributed by atoms with Crippen LogP contribution in [0.25, 0.3) is 0 Å². The highest BCUT2D eigenvalue weighted by atomic mass is 35.5. The van der Waals surface area contributed by atoms with Crippen molar-refractivity contribution in [1.29, 1.82) is 5.26 Å². The van der Waals surface area contributed by atoms with Crippen LogP contribution in [0.4, 0.5) is 23.1 Å². The van der Waals surface area contributed by atoms with Crippen molar-refractivity contribution in [2.45, 2.75) is 20.8 Å². The third-order valence-corrected chi connectivity index (χ3v) is 4.11. The lowest BCUT2D eigenvalue weighted by Crippen LogP contribution is -2.03. The standard InChI is InChI=1S/C20H18ClN5/c1-12-8-13(2)19(17(21)9-12)25-18-10-14(3)23-20(26-18)24-16-6-4-15(11-22)5-7-16/h4-10H,1-3H3,(H2,23,24,25,26). The molecule has 0 fully saturated rings. The largest absolute Gasteiger partial charge is 0.339 e. The molecule has 0 aliphatic rings. The van der Waals surface area contributed by atoms with E-state index in [0.29, 0.717) is 22.4 Å². The Balaban J connectivity index is 1.87. The number of nitrogens with zero attached hydrogens (tertiary/aromatic N) is 3. The van der Waals surface area contributed by atoms with E-state index < -0.39 is 0 Å². The average Bonchev–Trinajstić information content (AvgIpc) is 2.58. The quantitative estimate of drug-likeness (QED) is 0.647. The molecule has 3 aromatic rings. The van der Waals surface area contributed by atoms with Gasteiger partial charge in [0.25, 0.3) is 0 Å². The minimum atomic E-state index is 0.470. The molecule has 2 N–H and O–H groups in total. The van der Waals surface area contributed by atoms with Crippen molar-refractivity contribution in [3.63, 3.8) is 0 Å². The highest BCUT2D eigenvalue weighted by Crippen LogP contribution is 2.30. The first-order valence-corrected chi connectivity index (χ1v) is 8.49. The Kier molecular flexibility index (Phi) is 5.06. The predicted molar refractivity (Wildman–Crippen MR) is 105 cm³/mol. The van der Waals surface area contributed by atoms with Gasteiger partial charge in [-0.3, -0.25) is 0 Å². The van der Waals surface area contributed by atoms with Gasteiger partial charge in [-0.05, 0) is 62.2 Å². The number of nitrogens with one attached hydrogen (secondary N) is 2. The van der Waals surface area contributed by atoms with Gasteiger partial charge in [0.15, 0.2) is 0 Å². The molecule has 0 unspecified atom stereocenters. The minimum Gasteiger partial charge on any atom is -0.339 e. The average molecular weight is 364 g/mol. The highest BCUT2D eigenvalue weighted by molar-refractivity contribution is 6.33. The van der Waals surface area contributed by atoms with E-state index in [1.807, 2.05) is 45.0 Å². The summed E-state index contributed by atoms with van der Waals surface area (Å²) in [6, 6.07) is 15.1. The van der Waals surface area contributed by atoms with E-state index in [2.05, 4.69) is 32.7 Å². The Morgan fingerprint density at radius 2 is 1.69 bits per heavy atom. The van der Waals surface area contributed by atoms with Crippen molar-refractivity contribution in [1.82, 2.24) is 9.97 Å². The molecule has 1 heterocycles. The van der Waals surface area contributed by atoms with Crippen LogP contribution >= 0.6 is 11.6 Å². The highest BCUT2D eigenvalue weighted by Gasteiger charge is 2.09. The molecule has 0 aliphatic carbocycles. The Morgan fingerprint density at radius 1 is 0.962 bits per heavy atom. The second-order valence-electron chi connectivity index (χ2n) is 6.10. The van der Waals surface area contributed by atoms with E-state index in [1.165, 1.54) is 0 Å². The van der Waals surface area contributed by atoms with E-state index in [4.69, 9.17) is 16.9 Å². The molecule has 0 atom stereocenters. The fourth-order valence-corrected chi connectivity index (χ4v) is 3.02. The zero-order valence-corrected chi connectivity index (χ0v) is 15.5. The molecular weight excluding hydrogens is 346 g/mol. The van der Waals surface area contributed by atoms with Crippen LogP contribution in [0.1, 0.15) is 22.4 Å². The van der Waals surface area contributed by atoms with Crippen LogP contribution in [0.3, 0.4) is 0 Å². The summed E-state index contributed by atoms with van der Waals surface area (Å²) in [5.41, 5.74) is 5.23. The maximum atomic E-state index is 8.88. The number of nitriles is 1. The molecule has 0 aliphatic heterocycles. The van der Waals surface area contributed by atoms with Crippen LogP contribution in [0.2, 0.25) is 5.02 Å². The van der Waals surface area contributed by atoms with Gasteiger partial charge >= 0.3 is 0 Å². The lowest BCUT2D eigenvalue weighted by molar-refractivity contribution is 1.11. The van der Waals surface area contributed by atoms with Gasteiger partial charge in [-0.15, -0.1) is 0 Å². The van der Waals surface area contributed by atoms with E-state index in [0.717, 1.165) is 28.2 Å². The third-order valence-electron chi connectivity index (χ3n) is 3.81. The van der Waals surface area contributed by atoms with Crippen molar-refractivity contribution < 1.29 is 0 Å². The van der Waals surface area contributed by atoms with Gasteiger partial charge in [-0.2, -0.15) is 10.2 Å². The molecule has 130 valence electrons. The summed E-state index contributed by atoms with van der Waals surface area (Å²) in [5.74, 6) is 1.13. The lowest BCUT2D eigenvalue weighted by atomic mass is 10.1. The predicted octanol–water partition coefficient (Wildman–Crippen LogP) is 5.41. The number of hydrogen-bond acceptors (Lipinski definition) is 5. The number of benzene rings is 2. The van der Waals surface area contributed by atoms with Gasteiger partial charge < -0.3 is 10.6 Å². The van der Waals surface area contributed by atoms with Crippen LogP contribution in [0.15, 0.2) is 42.5 Å². The molecule has 0 saturated carbocycles. The number of rotatable bonds is 4. The SMILES string of the molecule is Cc1cc(C)c(Nc2cc(C)nc(Nc3ccc(C#N)cc3)n2)c(Cl)c1. The Morgan fingerprint density at radius 3 is 2.35 bits per heavy atom. The van der Waals surface area contributed by atoms with E-state index in [9.17, 15) is 0 Å². The van der Waals surface area contributed by atoms with Gasteiger partial charge in [0, 0.05) is 17.4 Å². The second kappa shape index (κ2) is 7.42. The van der Waals surface area contributed by atoms with Crippen molar-refractivity contribution in [2.75, 3.05) is 10.6 Å². The van der Waals surface area contributed by atoms with E-state index >= 15 is 0 Å². The van der Waals surface area contributed by atoms with Gasteiger partial charge in [-0.25, -0.2) is 4.98 Å². The first-order chi connectivity index (χ1) is 12.4. The summed E-state index contributed by atoms with van der Waals surface area (Å²) in [6.07, 6.45) is 0. The molecule has 0 bridgehead atoms. The normalized spacial score (nSPS) is 10.3. The van der Waals surface area contributed by atoms with Crippen molar-refractivity contribution >= 4 is 34.7 Å². The fraction of sp³-hybridized carbons (Fsp3) is 0.150. The number of aromatic nitrogens is 2. The van der Waals surface area contributed by atoms with Crippen molar-refractivity contribution in [3.8, 4) is 6.07 Å². The summed E-state index contributed by atoms with van der Waals surface area (Å²) in [5, 5.41) is 16.0. The van der Waals surface area contributed by atoms with E-state index in [1.54, 1.807) is 12.1 Å². The first-order valence-electron chi connectivity index (χ1n) is 8.11. The minimum absolute atomic E-state index is 0.470. The smallest absolute Gasteiger partial charge is 0.229 e. The fourth-order valence-electron chi connectivity index (χ4n) is 2.65. The summed E-state index contributed by atoms with van der Waals surface area (Å²) in [7, 11) is 0. The summed E-state index contributed by atoms with van der Waals surface area (Å²) in [6.45, 7) is 5.92. The van der Waals surface area contributed by atoms with Crippen LogP contribution in [-0.4, -0.2) is 9.97 Å². The molecule has 1 aromatic heterocycles. The van der Waals surface area contributed by atoms with Gasteiger partial charge in [0.2, 0.25) is 5.95 Å². The second-order valence-corrected chi connectivity index (χ2v) is 6.50. The third kappa shape index (κ3) is 4.11. The van der Waals surface area contributed by atoms with Crippen molar-refractivity contribution in [2.24, 2.45) is 0 Å². The molecule has 0 radical (unpaired) electrons. The van der Waals surface area contributed by atoms with Crippen LogP contribution < -0.4 is 10.6 Å². The van der Waals surface area contributed by atoms with Gasteiger partial charge in [0.05, 0.1) is 22.3 Å². The molecule has 6 heteroatoms.